The average molecular weight is 272 g/mol. The molecule has 0 N–H and O–H groups in total. The fraction of sp³-hybridized carbons (Fsp3) is 0.588. The summed E-state index contributed by atoms with van der Waals surface area (Å²) < 4.78 is 11.7. The number of ketones is 1. The Morgan fingerprint density at radius 2 is 2.10 bits per heavy atom. The summed E-state index contributed by atoms with van der Waals surface area (Å²) in [5, 5.41) is 0. The van der Waals surface area contributed by atoms with Crippen LogP contribution >= 0.6 is 0 Å². The monoisotopic (exact) mass is 272 g/mol. The third kappa shape index (κ3) is 1.33. The maximum absolute atomic E-state index is 12.1. The molecule has 4 rings (SSSR count). The zero-order valence-corrected chi connectivity index (χ0v) is 12.1. The van der Waals surface area contributed by atoms with Gasteiger partial charge in [-0.1, -0.05) is 6.07 Å². The van der Waals surface area contributed by atoms with Crippen LogP contribution in [-0.2, 0) is 16.6 Å². The molecule has 106 valence electrons. The van der Waals surface area contributed by atoms with Gasteiger partial charge in [0.25, 0.3) is 0 Å². The Morgan fingerprint density at radius 1 is 1.30 bits per heavy atom. The van der Waals surface area contributed by atoms with Crippen molar-refractivity contribution < 1.29 is 14.3 Å². The van der Waals surface area contributed by atoms with Crippen molar-refractivity contribution in [2.24, 2.45) is 5.92 Å². The van der Waals surface area contributed by atoms with Gasteiger partial charge < -0.3 is 9.47 Å². The molecule has 3 atom stereocenters. The third-order valence-corrected chi connectivity index (χ3v) is 5.67. The number of aryl methyl sites for hydroxylation is 1. The standard InChI is InChI=1S/C17H20O3/c1-10-17-9-13(18)7-6-12(17)5-3-11-4-8-14(19-2)16(20-10)15(11)17/h4,8,10,12H,3,5-7,9H2,1-2H3. The van der Waals surface area contributed by atoms with Crippen LogP contribution in [0.15, 0.2) is 12.1 Å². The molecule has 0 radical (unpaired) electrons. The quantitative estimate of drug-likeness (QED) is 0.788. The Bertz CT molecular complexity index is 592. The fourth-order valence-corrected chi connectivity index (χ4v) is 4.74. The highest BCUT2D eigenvalue weighted by molar-refractivity contribution is 5.82. The zero-order chi connectivity index (χ0) is 13.9. The molecule has 1 aromatic carbocycles. The summed E-state index contributed by atoms with van der Waals surface area (Å²) in [6, 6.07) is 4.17. The van der Waals surface area contributed by atoms with E-state index >= 15 is 0 Å². The lowest BCUT2D eigenvalue weighted by Crippen LogP contribution is -2.49. The first kappa shape index (κ1) is 12.2. The summed E-state index contributed by atoms with van der Waals surface area (Å²) >= 11 is 0. The van der Waals surface area contributed by atoms with E-state index in [0.717, 1.165) is 30.8 Å². The van der Waals surface area contributed by atoms with Crippen molar-refractivity contribution in [1.29, 1.82) is 0 Å². The molecule has 1 heterocycles. The van der Waals surface area contributed by atoms with Gasteiger partial charge in [-0.2, -0.15) is 0 Å². The summed E-state index contributed by atoms with van der Waals surface area (Å²) in [4.78, 5) is 12.1. The van der Waals surface area contributed by atoms with E-state index in [2.05, 4.69) is 13.0 Å². The van der Waals surface area contributed by atoms with Crippen LogP contribution in [0, 0.1) is 5.92 Å². The molecular formula is C17H20O3. The van der Waals surface area contributed by atoms with Gasteiger partial charge >= 0.3 is 0 Å². The summed E-state index contributed by atoms with van der Waals surface area (Å²) in [6.45, 7) is 2.13. The summed E-state index contributed by atoms with van der Waals surface area (Å²) in [5.41, 5.74) is 2.55. The van der Waals surface area contributed by atoms with Gasteiger partial charge in [0.1, 0.15) is 11.9 Å². The van der Waals surface area contributed by atoms with Crippen LogP contribution in [0.25, 0.3) is 0 Å². The average Bonchev–Trinajstić information content (AvgIpc) is 2.74. The normalized spacial score (nSPS) is 34.2. The molecule has 20 heavy (non-hydrogen) atoms. The smallest absolute Gasteiger partial charge is 0.165 e. The van der Waals surface area contributed by atoms with Crippen LogP contribution in [0.2, 0.25) is 0 Å². The number of rotatable bonds is 1. The number of methoxy groups -OCH3 is 1. The lowest BCUT2D eigenvalue weighted by Gasteiger charge is -2.46. The molecule has 1 aliphatic heterocycles. The second-order valence-corrected chi connectivity index (χ2v) is 6.42. The van der Waals surface area contributed by atoms with E-state index in [0.29, 0.717) is 18.1 Å². The van der Waals surface area contributed by atoms with Crippen molar-refractivity contribution in [1.82, 2.24) is 0 Å². The van der Waals surface area contributed by atoms with Crippen LogP contribution in [0.1, 0.15) is 43.7 Å². The minimum absolute atomic E-state index is 0.0714. The van der Waals surface area contributed by atoms with E-state index in [1.807, 2.05) is 6.07 Å². The first-order valence-corrected chi connectivity index (χ1v) is 7.55. The zero-order valence-electron chi connectivity index (χ0n) is 12.1. The van der Waals surface area contributed by atoms with Crippen LogP contribution in [-0.4, -0.2) is 19.0 Å². The topological polar surface area (TPSA) is 35.5 Å². The Hall–Kier alpha value is -1.51. The predicted octanol–water partition coefficient (Wildman–Crippen LogP) is 3.03. The summed E-state index contributed by atoms with van der Waals surface area (Å²) in [7, 11) is 1.68. The van der Waals surface area contributed by atoms with Crippen molar-refractivity contribution >= 4 is 5.78 Å². The minimum atomic E-state index is -0.0905. The SMILES string of the molecule is COc1ccc2c3c1OC(C)C31CC(=O)CCC1CC2. The summed E-state index contributed by atoms with van der Waals surface area (Å²) in [6.07, 6.45) is 4.76. The first-order chi connectivity index (χ1) is 9.66. The Morgan fingerprint density at radius 3 is 2.90 bits per heavy atom. The Balaban J connectivity index is 1.97. The lowest BCUT2D eigenvalue weighted by atomic mass is 9.55. The van der Waals surface area contributed by atoms with E-state index < -0.39 is 0 Å². The van der Waals surface area contributed by atoms with Gasteiger partial charge in [0.05, 0.1) is 7.11 Å². The van der Waals surface area contributed by atoms with Gasteiger partial charge in [-0.3, -0.25) is 4.79 Å². The van der Waals surface area contributed by atoms with Gasteiger partial charge in [0.2, 0.25) is 0 Å². The number of hydrogen-bond acceptors (Lipinski definition) is 3. The maximum Gasteiger partial charge on any atom is 0.165 e. The molecule has 1 saturated carbocycles. The van der Waals surface area contributed by atoms with Gasteiger partial charge in [0.15, 0.2) is 11.5 Å². The number of Topliss-reactive ketones (excluding diaryl/α,β-unsaturated/α-hetero) is 1. The number of ether oxygens (including phenoxy) is 2. The molecule has 3 unspecified atom stereocenters. The maximum atomic E-state index is 12.1. The molecule has 3 aliphatic rings. The number of carbonyl (C=O) groups excluding carboxylic acids is 1. The van der Waals surface area contributed by atoms with Crippen LogP contribution in [0.5, 0.6) is 11.5 Å². The minimum Gasteiger partial charge on any atom is -0.493 e. The van der Waals surface area contributed by atoms with E-state index in [1.165, 1.54) is 17.5 Å². The summed E-state index contributed by atoms with van der Waals surface area (Å²) in [5.74, 6) is 2.68. The second kappa shape index (κ2) is 4.00. The Labute approximate surface area is 119 Å². The van der Waals surface area contributed by atoms with Crippen LogP contribution in [0.3, 0.4) is 0 Å². The molecule has 1 spiro atoms. The van der Waals surface area contributed by atoms with Crippen LogP contribution < -0.4 is 9.47 Å². The van der Waals surface area contributed by atoms with Gasteiger partial charge in [-0.25, -0.2) is 0 Å². The molecule has 0 amide bonds. The van der Waals surface area contributed by atoms with E-state index in [1.54, 1.807) is 7.11 Å². The molecule has 0 saturated heterocycles. The molecule has 1 fully saturated rings. The fourth-order valence-electron chi connectivity index (χ4n) is 4.74. The molecule has 3 nitrogen and oxygen atoms in total. The highest BCUT2D eigenvalue weighted by Crippen LogP contribution is 2.60. The number of carbonyl (C=O) groups is 1. The lowest BCUT2D eigenvalue weighted by molar-refractivity contribution is -0.125. The van der Waals surface area contributed by atoms with Gasteiger partial charge in [-0.15, -0.1) is 0 Å². The van der Waals surface area contributed by atoms with Crippen LogP contribution in [0.4, 0.5) is 0 Å². The number of benzene rings is 1. The highest BCUT2D eigenvalue weighted by atomic mass is 16.5. The Kier molecular flexibility index (Phi) is 2.45. The van der Waals surface area contributed by atoms with Crippen molar-refractivity contribution in [2.75, 3.05) is 7.11 Å². The molecule has 3 heteroatoms. The third-order valence-electron chi connectivity index (χ3n) is 5.67. The first-order valence-electron chi connectivity index (χ1n) is 7.55. The van der Waals surface area contributed by atoms with Gasteiger partial charge in [0, 0.05) is 23.8 Å². The van der Waals surface area contributed by atoms with Crippen molar-refractivity contribution in [2.45, 2.75) is 50.5 Å². The van der Waals surface area contributed by atoms with Crippen molar-refractivity contribution in [3.8, 4) is 11.5 Å². The van der Waals surface area contributed by atoms with Gasteiger partial charge in [-0.05, 0) is 43.7 Å². The van der Waals surface area contributed by atoms with Crippen molar-refractivity contribution in [3.63, 3.8) is 0 Å². The highest BCUT2D eigenvalue weighted by Gasteiger charge is 2.57. The molecule has 0 bridgehead atoms. The second-order valence-electron chi connectivity index (χ2n) is 6.42. The number of hydrogen-bond donors (Lipinski definition) is 0. The predicted molar refractivity (Wildman–Crippen MR) is 75.4 cm³/mol. The molecule has 1 aromatic rings. The largest absolute Gasteiger partial charge is 0.493 e. The van der Waals surface area contributed by atoms with Crippen molar-refractivity contribution in [3.05, 3.63) is 23.3 Å². The van der Waals surface area contributed by atoms with E-state index in [-0.39, 0.29) is 11.5 Å². The molecule has 0 aromatic heterocycles. The van der Waals surface area contributed by atoms with E-state index in [4.69, 9.17) is 9.47 Å². The molecular weight excluding hydrogens is 252 g/mol. The van der Waals surface area contributed by atoms with E-state index in [9.17, 15) is 4.79 Å². The molecule has 2 aliphatic carbocycles.